The van der Waals surface area contributed by atoms with Crippen molar-refractivity contribution in [1.82, 2.24) is 14.8 Å². The molecule has 118 valence electrons. The van der Waals surface area contributed by atoms with E-state index in [1.807, 2.05) is 53.4 Å². The fourth-order valence-electron chi connectivity index (χ4n) is 2.27. The third kappa shape index (κ3) is 4.63. The first-order chi connectivity index (χ1) is 10.7. The fraction of sp³-hybridized carbons (Fsp3) is 0.353. The molecule has 2 amide bonds. The second-order valence-electron chi connectivity index (χ2n) is 5.04. The van der Waals surface area contributed by atoms with Crippen molar-refractivity contribution in [2.24, 2.45) is 0 Å². The number of urea groups is 1. The highest BCUT2D eigenvalue weighted by molar-refractivity contribution is 5.89. The summed E-state index contributed by atoms with van der Waals surface area (Å²) in [6.45, 7) is 7.76. The number of carbonyl (C=O) groups is 1. The Morgan fingerprint density at radius 3 is 2.32 bits per heavy atom. The molecule has 1 aromatic heterocycles. The van der Waals surface area contributed by atoms with Gasteiger partial charge in [-0.05, 0) is 49.5 Å². The van der Waals surface area contributed by atoms with Crippen LogP contribution in [0.1, 0.15) is 13.8 Å². The molecule has 5 heteroatoms. The molecule has 2 aromatic rings. The van der Waals surface area contributed by atoms with Crippen LogP contribution in [0.15, 0.2) is 48.8 Å². The van der Waals surface area contributed by atoms with Crippen molar-refractivity contribution in [3.8, 4) is 5.69 Å². The Morgan fingerprint density at radius 1 is 1.09 bits per heavy atom. The van der Waals surface area contributed by atoms with Crippen molar-refractivity contribution in [3.05, 3.63) is 48.8 Å². The maximum Gasteiger partial charge on any atom is 0.319 e. The number of rotatable bonds is 7. The first-order valence-corrected chi connectivity index (χ1v) is 7.73. The second-order valence-corrected chi connectivity index (χ2v) is 5.04. The average molecular weight is 300 g/mol. The smallest absolute Gasteiger partial charge is 0.319 e. The van der Waals surface area contributed by atoms with Gasteiger partial charge in [0, 0.05) is 36.9 Å². The summed E-state index contributed by atoms with van der Waals surface area (Å²) in [5.74, 6) is 0. The molecule has 0 aliphatic carbocycles. The molecule has 0 bridgehead atoms. The summed E-state index contributed by atoms with van der Waals surface area (Å²) < 4.78 is 2.02. The minimum Gasteiger partial charge on any atom is -0.337 e. The Kier molecular flexibility index (Phi) is 6.03. The van der Waals surface area contributed by atoms with Crippen LogP contribution in [0.3, 0.4) is 0 Å². The van der Waals surface area contributed by atoms with E-state index >= 15 is 0 Å². The van der Waals surface area contributed by atoms with Crippen molar-refractivity contribution in [2.75, 3.05) is 31.5 Å². The zero-order valence-electron chi connectivity index (χ0n) is 13.2. The molecule has 2 rings (SSSR count). The zero-order valence-corrected chi connectivity index (χ0v) is 13.2. The second kappa shape index (κ2) is 8.24. The van der Waals surface area contributed by atoms with E-state index in [1.54, 1.807) is 0 Å². The summed E-state index contributed by atoms with van der Waals surface area (Å²) in [5.41, 5.74) is 1.86. The molecule has 22 heavy (non-hydrogen) atoms. The van der Waals surface area contributed by atoms with E-state index < -0.39 is 0 Å². The number of hydrogen-bond acceptors (Lipinski definition) is 2. The summed E-state index contributed by atoms with van der Waals surface area (Å²) in [6.07, 6.45) is 3.98. The van der Waals surface area contributed by atoms with Crippen LogP contribution in [-0.4, -0.2) is 41.7 Å². The first kappa shape index (κ1) is 16.1. The van der Waals surface area contributed by atoms with Gasteiger partial charge in [0.15, 0.2) is 0 Å². The minimum absolute atomic E-state index is 0.166. The summed E-state index contributed by atoms with van der Waals surface area (Å²) in [7, 11) is 0. The summed E-state index contributed by atoms with van der Waals surface area (Å²) in [6, 6.07) is 11.6. The number of hydrogen-bond donors (Lipinski definition) is 2. The number of benzene rings is 1. The number of carbonyl (C=O) groups excluding carboxylic acids is 1. The zero-order chi connectivity index (χ0) is 15.8. The van der Waals surface area contributed by atoms with Crippen LogP contribution in [0.4, 0.5) is 10.5 Å². The highest BCUT2D eigenvalue weighted by Crippen LogP contribution is 2.13. The van der Waals surface area contributed by atoms with E-state index in [0.717, 1.165) is 31.0 Å². The van der Waals surface area contributed by atoms with Crippen molar-refractivity contribution < 1.29 is 4.79 Å². The van der Waals surface area contributed by atoms with Gasteiger partial charge in [-0.15, -0.1) is 0 Å². The van der Waals surface area contributed by atoms with Crippen LogP contribution in [-0.2, 0) is 0 Å². The van der Waals surface area contributed by atoms with Crippen LogP contribution >= 0.6 is 0 Å². The van der Waals surface area contributed by atoms with E-state index in [1.165, 1.54) is 0 Å². The van der Waals surface area contributed by atoms with E-state index in [0.29, 0.717) is 6.54 Å². The number of aromatic nitrogens is 1. The topological polar surface area (TPSA) is 49.3 Å². The molecule has 2 N–H and O–H groups in total. The predicted molar refractivity (Wildman–Crippen MR) is 90.6 cm³/mol. The van der Waals surface area contributed by atoms with Crippen molar-refractivity contribution in [2.45, 2.75) is 13.8 Å². The van der Waals surface area contributed by atoms with Gasteiger partial charge in [-0.25, -0.2) is 4.79 Å². The Bertz CT molecular complexity index is 559. The monoisotopic (exact) mass is 300 g/mol. The quantitative estimate of drug-likeness (QED) is 0.826. The fourth-order valence-corrected chi connectivity index (χ4v) is 2.27. The lowest BCUT2D eigenvalue weighted by Crippen LogP contribution is -2.36. The van der Waals surface area contributed by atoms with Gasteiger partial charge < -0.3 is 20.1 Å². The van der Waals surface area contributed by atoms with E-state index in [2.05, 4.69) is 29.4 Å². The normalized spacial score (nSPS) is 10.7. The molecule has 0 radical (unpaired) electrons. The summed E-state index contributed by atoms with van der Waals surface area (Å²) >= 11 is 0. The Morgan fingerprint density at radius 2 is 1.73 bits per heavy atom. The molecule has 0 saturated carbocycles. The molecular formula is C17H24N4O. The number of amides is 2. The highest BCUT2D eigenvalue weighted by atomic mass is 16.2. The van der Waals surface area contributed by atoms with Gasteiger partial charge >= 0.3 is 6.03 Å². The van der Waals surface area contributed by atoms with Crippen LogP contribution < -0.4 is 10.6 Å². The van der Waals surface area contributed by atoms with Gasteiger partial charge in [0.25, 0.3) is 0 Å². The van der Waals surface area contributed by atoms with Gasteiger partial charge in [0.1, 0.15) is 0 Å². The van der Waals surface area contributed by atoms with Gasteiger partial charge in [0.2, 0.25) is 0 Å². The largest absolute Gasteiger partial charge is 0.337 e. The van der Waals surface area contributed by atoms with Gasteiger partial charge in [0.05, 0.1) is 0 Å². The molecule has 5 nitrogen and oxygen atoms in total. The molecule has 0 aliphatic rings. The minimum atomic E-state index is -0.166. The number of likely N-dealkylation sites (N-methyl/N-ethyl adjacent to an activating group) is 1. The van der Waals surface area contributed by atoms with Crippen LogP contribution in [0.2, 0.25) is 0 Å². The summed E-state index contributed by atoms with van der Waals surface area (Å²) in [4.78, 5) is 14.1. The summed E-state index contributed by atoms with van der Waals surface area (Å²) in [5, 5.41) is 5.72. The lowest BCUT2D eigenvalue weighted by Gasteiger charge is -2.18. The van der Waals surface area contributed by atoms with E-state index in [-0.39, 0.29) is 6.03 Å². The van der Waals surface area contributed by atoms with Crippen molar-refractivity contribution in [1.29, 1.82) is 0 Å². The van der Waals surface area contributed by atoms with Gasteiger partial charge in [-0.3, -0.25) is 0 Å². The molecule has 1 aromatic carbocycles. The number of nitrogens with zero attached hydrogens (tertiary/aromatic N) is 2. The predicted octanol–water partition coefficient (Wildman–Crippen LogP) is 2.94. The van der Waals surface area contributed by atoms with Crippen LogP contribution in [0.25, 0.3) is 5.69 Å². The molecule has 0 saturated heterocycles. The van der Waals surface area contributed by atoms with Gasteiger partial charge in [-0.2, -0.15) is 0 Å². The average Bonchev–Trinajstić information content (AvgIpc) is 3.07. The Hall–Kier alpha value is -2.27. The third-order valence-corrected chi connectivity index (χ3v) is 3.64. The maximum absolute atomic E-state index is 11.8. The molecule has 0 spiro atoms. The Labute approximate surface area is 131 Å². The van der Waals surface area contributed by atoms with E-state index in [9.17, 15) is 4.79 Å². The lowest BCUT2D eigenvalue weighted by atomic mass is 10.3. The lowest BCUT2D eigenvalue weighted by molar-refractivity contribution is 0.248. The highest BCUT2D eigenvalue weighted by Gasteiger charge is 2.03. The molecule has 0 aliphatic heterocycles. The molecule has 1 heterocycles. The third-order valence-electron chi connectivity index (χ3n) is 3.64. The van der Waals surface area contributed by atoms with Crippen LogP contribution in [0.5, 0.6) is 0 Å². The number of nitrogens with one attached hydrogen (secondary N) is 2. The molecular weight excluding hydrogens is 276 g/mol. The first-order valence-electron chi connectivity index (χ1n) is 7.73. The van der Waals surface area contributed by atoms with E-state index in [4.69, 9.17) is 0 Å². The number of anilines is 1. The van der Waals surface area contributed by atoms with Gasteiger partial charge in [-0.1, -0.05) is 13.8 Å². The molecule has 0 unspecified atom stereocenters. The van der Waals surface area contributed by atoms with Crippen LogP contribution in [0, 0.1) is 0 Å². The van der Waals surface area contributed by atoms with Crippen molar-refractivity contribution >= 4 is 11.7 Å². The molecule has 0 atom stereocenters. The van der Waals surface area contributed by atoms with Crippen molar-refractivity contribution in [3.63, 3.8) is 0 Å². The SMILES string of the molecule is CCN(CC)CCNC(=O)Nc1ccc(-n2cccc2)cc1. The molecule has 0 fully saturated rings. The maximum atomic E-state index is 11.8. The standard InChI is InChI=1S/C17H24N4O/c1-3-20(4-2)14-11-18-17(22)19-15-7-9-16(10-8-15)21-12-5-6-13-21/h5-10,12-13H,3-4,11,14H2,1-2H3,(H2,18,19,22). The Balaban J connectivity index is 1.79.